The van der Waals surface area contributed by atoms with Gasteiger partial charge in [-0.05, 0) is 32.6 Å². The fraction of sp³-hybridized carbons (Fsp3) is 0.692. The van der Waals surface area contributed by atoms with Crippen molar-refractivity contribution in [2.45, 2.75) is 45.3 Å². The van der Waals surface area contributed by atoms with Gasteiger partial charge in [-0.15, -0.1) is 0 Å². The molecule has 1 aliphatic rings. The molecule has 5 heteroatoms. The molecular formula is C13H19NO4. The summed E-state index contributed by atoms with van der Waals surface area (Å²) in [7, 11) is 1.44. The van der Waals surface area contributed by atoms with Crippen LogP contribution in [0.1, 0.15) is 37.1 Å². The number of hydrogen-bond acceptors (Lipinski definition) is 5. The molecule has 0 amide bonds. The van der Waals surface area contributed by atoms with Crippen molar-refractivity contribution < 1.29 is 18.7 Å². The molecule has 0 radical (unpaired) electrons. The van der Waals surface area contributed by atoms with Gasteiger partial charge in [-0.2, -0.15) is 0 Å². The molecule has 100 valence electrons. The van der Waals surface area contributed by atoms with E-state index >= 15 is 0 Å². The lowest BCUT2D eigenvalue weighted by Gasteiger charge is -2.26. The van der Waals surface area contributed by atoms with Gasteiger partial charge in [0.1, 0.15) is 11.5 Å². The molecule has 0 aromatic carbocycles. The van der Waals surface area contributed by atoms with Crippen molar-refractivity contribution in [3.63, 3.8) is 0 Å². The highest BCUT2D eigenvalue weighted by molar-refractivity contribution is 5.72. The molecule has 1 heterocycles. The molecule has 18 heavy (non-hydrogen) atoms. The maximum atomic E-state index is 11.4. The molecule has 0 bridgehead atoms. The number of methoxy groups -OCH3 is 1. The van der Waals surface area contributed by atoms with Gasteiger partial charge < -0.3 is 13.9 Å². The zero-order valence-corrected chi connectivity index (χ0v) is 10.8. The third kappa shape index (κ3) is 3.10. The summed E-state index contributed by atoms with van der Waals surface area (Å²) in [6.45, 7) is 2.36. The van der Waals surface area contributed by atoms with Gasteiger partial charge in [0.25, 0.3) is 0 Å². The quantitative estimate of drug-likeness (QED) is 0.770. The largest absolute Gasteiger partial charge is 0.469 e. The van der Waals surface area contributed by atoms with Crippen molar-refractivity contribution in [1.82, 2.24) is 4.98 Å². The van der Waals surface area contributed by atoms with Crippen LogP contribution in [0.3, 0.4) is 0 Å². The first-order valence-electron chi connectivity index (χ1n) is 6.29. The Morgan fingerprint density at radius 3 is 2.72 bits per heavy atom. The van der Waals surface area contributed by atoms with Crippen molar-refractivity contribution in [1.29, 1.82) is 0 Å². The van der Waals surface area contributed by atoms with E-state index in [0.717, 1.165) is 37.1 Å². The fourth-order valence-electron chi connectivity index (χ4n) is 2.30. The fourth-order valence-corrected chi connectivity index (χ4v) is 2.30. The number of hydrogen-bond donors (Lipinski definition) is 0. The molecule has 0 saturated heterocycles. The monoisotopic (exact) mass is 253 g/mol. The van der Waals surface area contributed by atoms with Crippen LogP contribution in [0.2, 0.25) is 0 Å². The predicted molar refractivity (Wildman–Crippen MR) is 63.8 cm³/mol. The molecule has 0 spiro atoms. The summed E-state index contributed by atoms with van der Waals surface area (Å²) in [4.78, 5) is 15.5. The van der Waals surface area contributed by atoms with E-state index in [1.165, 1.54) is 13.5 Å². The van der Waals surface area contributed by atoms with Crippen LogP contribution < -0.4 is 0 Å². The molecule has 0 aliphatic heterocycles. The first kappa shape index (κ1) is 13.1. The van der Waals surface area contributed by atoms with Gasteiger partial charge in [-0.25, -0.2) is 4.98 Å². The number of aromatic nitrogens is 1. The molecule has 1 aliphatic carbocycles. The van der Waals surface area contributed by atoms with Gasteiger partial charge in [0.15, 0.2) is 6.39 Å². The molecule has 0 atom stereocenters. The summed E-state index contributed by atoms with van der Waals surface area (Å²) in [5, 5.41) is 0. The smallest absolute Gasteiger partial charge is 0.308 e. The number of aryl methyl sites for hydroxylation is 1. The average Bonchev–Trinajstić information content (AvgIpc) is 2.81. The van der Waals surface area contributed by atoms with Crippen LogP contribution in [0.4, 0.5) is 0 Å². The van der Waals surface area contributed by atoms with Crippen molar-refractivity contribution in [2.24, 2.45) is 5.92 Å². The Bertz CT molecular complexity index is 393. The normalized spacial score (nSPS) is 23.9. The second-order valence-electron chi connectivity index (χ2n) is 4.66. The van der Waals surface area contributed by atoms with Crippen LogP contribution in [0.25, 0.3) is 0 Å². The molecule has 1 aromatic rings. The maximum Gasteiger partial charge on any atom is 0.308 e. The minimum Gasteiger partial charge on any atom is -0.469 e. The SMILES string of the molecule is COC(=O)C1CCC(OCc2ncoc2C)CC1. The van der Waals surface area contributed by atoms with E-state index in [1.807, 2.05) is 6.92 Å². The lowest BCUT2D eigenvalue weighted by atomic mass is 9.87. The van der Waals surface area contributed by atoms with Gasteiger partial charge in [0.05, 0.1) is 25.7 Å². The topological polar surface area (TPSA) is 61.6 Å². The van der Waals surface area contributed by atoms with Crippen LogP contribution in [0.5, 0.6) is 0 Å². The first-order chi connectivity index (χ1) is 8.70. The Balaban J connectivity index is 1.74. The van der Waals surface area contributed by atoms with Gasteiger partial charge in [-0.3, -0.25) is 4.79 Å². The molecule has 0 unspecified atom stereocenters. The number of carbonyl (C=O) groups is 1. The minimum atomic E-state index is -0.0965. The van der Waals surface area contributed by atoms with Crippen LogP contribution in [0.15, 0.2) is 10.8 Å². The number of rotatable bonds is 4. The second-order valence-corrected chi connectivity index (χ2v) is 4.66. The molecule has 1 fully saturated rings. The molecule has 1 saturated carbocycles. The lowest BCUT2D eigenvalue weighted by molar-refractivity contribution is -0.147. The second kappa shape index (κ2) is 6.00. The molecule has 5 nitrogen and oxygen atoms in total. The summed E-state index contributed by atoms with van der Waals surface area (Å²) in [6.07, 6.45) is 5.13. The van der Waals surface area contributed by atoms with Gasteiger partial charge in [-0.1, -0.05) is 0 Å². The Hall–Kier alpha value is -1.36. The summed E-state index contributed by atoms with van der Waals surface area (Å²) >= 11 is 0. The summed E-state index contributed by atoms with van der Waals surface area (Å²) in [6, 6.07) is 0. The number of esters is 1. The molecule has 0 N–H and O–H groups in total. The van der Waals surface area contributed by atoms with E-state index in [4.69, 9.17) is 13.9 Å². The highest BCUT2D eigenvalue weighted by Gasteiger charge is 2.27. The highest BCUT2D eigenvalue weighted by Crippen LogP contribution is 2.27. The minimum absolute atomic E-state index is 0.0450. The average molecular weight is 253 g/mol. The highest BCUT2D eigenvalue weighted by atomic mass is 16.5. The van der Waals surface area contributed by atoms with Gasteiger partial charge >= 0.3 is 5.97 Å². The zero-order valence-electron chi connectivity index (χ0n) is 10.8. The molecule has 1 aromatic heterocycles. The Morgan fingerprint density at radius 2 is 2.17 bits per heavy atom. The number of nitrogens with zero attached hydrogens (tertiary/aromatic N) is 1. The van der Waals surface area contributed by atoms with E-state index in [2.05, 4.69) is 4.98 Å². The summed E-state index contributed by atoms with van der Waals surface area (Å²) in [5.41, 5.74) is 0.852. The standard InChI is InChI=1S/C13H19NO4/c1-9-12(14-8-18-9)7-17-11-5-3-10(4-6-11)13(15)16-2/h8,10-11H,3-7H2,1-2H3. The van der Waals surface area contributed by atoms with Crippen molar-refractivity contribution >= 4 is 5.97 Å². The third-order valence-electron chi connectivity index (χ3n) is 3.51. The summed E-state index contributed by atoms with van der Waals surface area (Å²) in [5.74, 6) is 0.752. The third-order valence-corrected chi connectivity index (χ3v) is 3.51. The van der Waals surface area contributed by atoms with E-state index in [1.54, 1.807) is 0 Å². The first-order valence-corrected chi connectivity index (χ1v) is 6.29. The maximum absolute atomic E-state index is 11.4. The van der Waals surface area contributed by atoms with Gasteiger partial charge in [0, 0.05) is 0 Å². The van der Waals surface area contributed by atoms with Gasteiger partial charge in [0.2, 0.25) is 0 Å². The van der Waals surface area contributed by atoms with E-state index in [9.17, 15) is 4.79 Å². The van der Waals surface area contributed by atoms with Crippen molar-refractivity contribution in [3.8, 4) is 0 Å². The lowest BCUT2D eigenvalue weighted by Crippen LogP contribution is -2.27. The zero-order chi connectivity index (χ0) is 13.0. The number of oxazole rings is 1. The van der Waals surface area contributed by atoms with E-state index in [0.29, 0.717) is 6.61 Å². The van der Waals surface area contributed by atoms with Crippen LogP contribution >= 0.6 is 0 Å². The number of carbonyl (C=O) groups excluding carboxylic acids is 1. The van der Waals surface area contributed by atoms with Crippen LogP contribution in [0, 0.1) is 12.8 Å². The Kier molecular flexibility index (Phi) is 4.36. The molecule has 2 rings (SSSR count). The van der Waals surface area contributed by atoms with E-state index < -0.39 is 0 Å². The summed E-state index contributed by atoms with van der Waals surface area (Å²) < 4.78 is 15.7. The number of ether oxygens (including phenoxy) is 2. The Morgan fingerprint density at radius 1 is 1.44 bits per heavy atom. The van der Waals surface area contributed by atoms with E-state index in [-0.39, 0.29) is 18.0 Å². The van der Waals surface area contributed by atoms with Crippen molar-refractivity contribution in [3.05, 3.63) is 17.8 Å². The predicted octanol–water partition coefficient (Wildman–Crippen LogP) is 2.23. The Labute approximate surface area is 106 Å². The molecular weight excluding hydrogens is 234 g/mol. The van der Waals surface area contributed by atoms with Crippen LogP contribution in [-0.2, 0) is 20.9 Å². The van der Waals surface area contributed by atoms with Crippen molar-refractivity contribution in [2.75, 3.05) is 7.11 Å². The van der Waals surface area contributed by atoms with Crippen LogP contribution in [-0.4, -0.2) is 24.2 Å².